The number of likely N-dealkylation sites (N-methyl/N-ethyl adjacent to an activating group) is 2. The van der Waals surface area contributed by atoms with Crippen LogP contribution in [0.15, 0.2) is 35.5 Å². The normalized spacial score (nSPS) is 22.2. The second-order valence-corrected chi connectivity index (χ2v) is 8.37. The van der Waals surface area contributed by atoms with Gasteiger partial charge in [-0.1, -0.05) is 18.2 Å². The predicted molar refractivity (Wildman–Crippen MR) is 118 cm³/mol. The molecule has 10 heteroatoms. The summed E-state index contributed by atoms with van der Waals surface area (Å²) in [7, 11) is 3.04. The van der Waals surface area contributed by atoms with Crippen LogP contribution in [0.4, 0.5) is 10.5 Å². The molecule has 4 heterocycles. The Labute approximate surface area is 185 Å². The largest absolute Gasteiger partial charge is 0.338 e. The summed E-state index contributed by atoms with van der Waals surface area (Å²) < 4.78 is 2.18. The minimum Gasteiger partial charge on any atom is -0.338 e. The van der Waals surface area contributed by atoms with Crippen LogP contribution < -0.4 is 5.32 Å². The number of carbonyl (C=O) groups is 3. The zero-order valence-corrected chi connectivity index (χ0v) is 18.1. The number of urea groups is 1. The van der Waals surface area contributed by atoms with E-state index in [9.17, 15) is 14.4 Å². The minimum absolute atomic E-state index is 0.0553. The maximum absolute atomic E-state index is 12.9. The van der Waals surface area contributed by atoms with Gasteiger partial charge < -0.3 is 19.7 Å². The Balaban J connectivity index is 1.32. The van der Waals surface area contributed by atoms with Gasteiger partial charge in [0.05, 0.1) is 24.3 Å². The molecule has 0 saturated carbocycles. The zero-order valence-electron chi connectivity index (χ0n) is 18.1. The van der Waals surface area contributed by atoms with Crippen molar-refractivity contribution in [2.45, 2.75) is 38.0 Å². The number of hydrogen-bond donors (Lipinski definition) is 1. The number of nitrogens with zero attached hydrogens (tertiary/aromatic N) is 6. The molecule has 2 aromatic rings. The summed E-state index contributed by atoms with van der Waals surface area (Å²) in [6, 6.07) is 6.46. The van der Waals surface area contributed by atoms with Crippen LogP contribution in [-0.4, -0.2) is 81.3 Å². The first kappa shape index (κ1) is 20.2. The molecule has 4 amide bonds. The van der Waals surface area contributed by atoms with E-state index in [4.69, 9.17) is 4.98 Å². The fourth-order valence-electron chi connectivity index (χ4n) is 4.55. The van der Waals surface area contributed by atoms with Crippen LogP contribution in [0.3, 0.4) is 0 Å². The number of aryl methyl sites for hydroxylation is 2. The van der Waals surface area contributed by atoms with E-state index in [2.05, 4.69) is 14.9 Å². The fourth-order valence-corrected chi connectivity index (χ4v) is 4.55. The van der Waals surface area contributed by atoms with E-state index >= 15 is 0 Å². The molecular formula is C22H25N7O3. The van der Waals surface area contributed by atoms with Crippen LogP contribution in [0.25, 0.3) is 11.3 Å². The highest BCUT2D eigenvalue weighted by molar-refractivity contribution is 6.03. The van der Waals surface area contributed by atoms with Gasteiger partial charge in [0.1, 0.15) is 5.82 Å². The topological polar surface area (TPSA) is 103 Å². The standard InChI is InChI=1S/C22H25N7O3/c1-26-20-19(21(31)27(2)22(26)32)29(13-23-20)12-18(30)25-15-8-4-3-7-14(15)16-11-28-10-6-5-9-17(28)24-16/h3-4,7-8,11,13,19-20H,5-6,9-10,12H2,1-2H3,(H,25,30). The quantitative estimate of drug-likeness (QED) is 0.782. The van der Waals surface area contributed by atoms with Crippen molar-refractivity contribution in [2.24, 2.45) is 4.99 Å². The first-order valence-electron chi connectivity index (χ1n) is 10.7. The monoisotopic (exact) mass is 435 g/mol. The van der Waals surface area contributed by atoms with Gasteiger partial charge in [-0.3, -0.25) is 14.5 Å². The molecule has 3 aliphatic rings. The van der Waals surface area contributed by atoms with Crippen molar-refractivity contribution in [2.75, 3.05) is 26.0 Å². The van der Waals surface area contributed by atoms with Crippen LogP contribution in [0.2, 0.25) is 0 Å². The van der Waals surface area contributed by atoms with Crippen LogP contribution in [0.5, 0.6) is 0 Å². The summed E-state index contributed by atoms with van der Waals surface area (Å²) in [6.07, 6.45) is 6.15. The first-order chi connectivity index (χ1) is 15.4. The first-order valence-corrected chi connectivity index (χ1v) is 10.7. The minimum atomic E-state index is -0.705. The smallest absolute Gasteiger partial charge is 0.328 e. The van der Waals surface area contributed by atoms with Gasteiger partial charge in [-0.25, -0.2) is 14.8 Å². The van der Waals surface area contributed by atoms with Crippen molar-refractivity contribution < 1.29 is 14.4 Å². The van der Waals surface area contributed by atoms with E-state index in [1.807, 2.05) is 30.5 Å². The second kappa shape index (κ2) is 7.77. The lowest BCUT2D eigenvalue weighted by atomic mass is 10.1. The molecule has 1 aromatic heterocycles. The Morgan fingerprint density at radius 1 is 1.19 bits per heavy atom. The van der Waals surface area contributed by atoms with Crippen molar-refractivity contribution >= 4 is 29.9 Å². The van der Waals surface area contributed by atoms with E-state index < -0.39 is 18.2 Å². The van der Waals surface area contributed by atoms with Crippen molar-refractivity contribution in [3.05, 3.63) is 36.3 Å². The summed E-state index contributed by atoms with van der Waals surface area (Å²) >= 11 is 0. The zero-order chi connectivity index (χ0) is 22.4. The molecule has 1 fully saturated rings. The summed E-state index contributed by atoms with van der Waals surface area (Å²) in [4.78, 5) is 50.8. The Bertz CT molecular complexity index is 1100. The van der Waals surface area contributed by atoms with Gasteiger partial charge in [0.15, 0.2) is 12.2 Å². The van der Waals surface area contributed by atoms with Crippen molar-refractivity contribution in [3.63, 3.8) is 0 Å². The lowest BCUT2D eigenvalue weighted by Crippen LogP contribution is -2.64. The van der Waals surface area contributed by atoms with Gasteiger partial charge in [0.2, 0.25) is 5.91 Å². The molecule has 10 nitrogen and oxygen atoms in total. The number of nitrogens with one attached hydrogen (secondary N) is 1. The lowest BCUT2D eigenvalue weighted by molar-refractivity contribution is -0.136. The number of rotatable bonds is 4. The number of carbonyl (C=O) groups excluding carboxylic acids is 3. The molecule has 0 spiro atoms. The van der Waals surface area contributed by atoms with Crippen LogP contribution in [0.1, 0.15) is 18.7 Å². The molecule has 1 saturated heterocycles. The predicted octanol–water partition coefficient (Wildman–Crippen LogP) is 1.39. The van der Waals surface area contributed by atoms with E-state index in [0.717, 1.165) is 47.8 Å². The highest BCUT2D eigenvalue weighted by atomic mass is 16.2. The summed E-state index contributed by atoms with van der Waals surface area (Å²) in [5.41, 5.74) is 2.36. The van der Waals surface area contributed by atoms with Gasteiger partial charge in [-0.05, 0) is 18.9 Å². The Hall–Kier alpha value is -3.69. The fraction of sp³-hybridized carbons (Fsp3) is 0.409. The molecule has 5 rings (SSSR count). The van der Waals surface area contributed by atoms with Crippen molar-refractivity contribution in [1.82, 2.24) is 24.3 Å². The third kappa shape index (κ3) is 3.31. The maximum atomic E-state index is 12.9. The average Bonchev–Trinajstić information content (AvgIpc) is 3.41. The number of para-hydroxylation sites is 1. The molecule has 0 radical (unpaired) electrons. The average molecular weight is 435 g/mol. The number of aromatic nitrogens is 2. The van der Waals surface area contributed by atoms with Crippen molar-refractivity contribution in [3.8, 4) is 11.3 Å². The van der Waals surface area contributed by atoms with E-state index in [1.54, 1.807) is 11.9 Å². The number of benzene rings is 1. The number of aliphatic imine (C=N–C) groups is 1. The molecule has 2 unspecified atom stereocenters. The SMILES string of the molecule is CN1C(=O)C2C(N=CN2CC(=O)Nc2ccccc2-c2cn3c(n2)CCCC3)N(C)C1=O. The highest BCUT2D eigenvalue weighted by Gasteiger charge is 2.48. The number of imide groups is 1. The molecule has 3 aliphatic heterocycles. The molecule has 0 aliphatic carbocycles. The van der Waals surface area contributed by atoms with Gasteiger partial charge in [0, 0.05) is 38.8 Å². The second-order valence-electron chi connectivity index (χ2n) is 8.37. The lowest BCUT2D eigenvalue weighted by Gasteiger charge is -2.39. The Morgan fingerprint density at radius 2 is 2.00 bits per heavy atom. The molecule has 2 atom stereocenters. The summed E-state index contributed by atoms with van der Waals surface area (Å²) in [5.74, 6) is 0.432. The van der Waals surface area contributed by atoms with Gasteiger partial charge >= 0.3 is 6.03 Å². The molecular weight excluding hydrogens is 410 g/mol. The third-order valence-electron chi connectivity index (χ3n) is 6.29. The Morgan fingerprint density at radius 3 is 2.81 bits per heavy atom. The molecule has 166 valence electrons. The molecule has 1 aromatic carbocycles. The van der Waals surface area contributed by atoms with E-state index in [0.29, 0.717) is 5.69 Å². The van der Waals surface area contributed by atoms with Crippen LogP contribution >= 0.6 is 0 Å². The summed E-state index contributed by atoms with van der Waals surface area (Å²) in [5, 5.41) is 2.96. The van der Waals surface area contributed by atoms with E-state index in [1.165, 1.54) is 18.3 Å². The number of amides is 4. The number of anilines is 1. The van der Waals surface area contributed by atoms with Crippen LogP contribution in [0, 0.1) is 0 Å². The van der Waals surface area contributed by atoms with Gasteiger partial charge in [-0.15, -0.1) is 0 Å². The van der Waals surface area contributed by atoms with Gasteiger partial charge in [0.25, 0.3) is 5.91 Å². The van der Waals surface area contributed by atoms with Gasteiger partial charge in [-0.2, -0.15) is 0 Å². The van der Waals surface area contributed by atoms with E-state index in [-0.39, 0.29) is 18.4 Å². The molecule has 0 bridgehead atoms. The Kier molecular flexibility index (Phi) is 4.91. The maximum Gasteiger partial charge on any atom is 0.328 e. The third-order valence-corrected chi connectivity index (χ3v) is 6.29. The van der Waals surface area contributed by atoms with Crippen LogP contribution in [-0.2, 0) is 22.6 Å². The number of hydrogen-bond acceptors (Lipinski definition) is 6. The number of fused-ring (bicyclic) bond motifs is 2. The molecule has 1 N–H and O–H groups in total. The summed E-state index contributed by atoms with van der Waals surface area (Å²) in [6.45, 7) is 0.910. The molecule has 32 heavy (non-hydrogen) atoms. The number of imidazole rings is 1. The highest BCUT2D eigenvalue weighted by Crippen LogP contribution is 2.29. The van der Waals surface area contributed by atoms with Crippen molar-refractivity contribution in [1.29, 1.82) is 0 Å².